The average Bonchev–Trinajstić information content (AvgIpc) is 3.35. The van der Waals surface area contributed by atoms with Crippen molar-refractivity contribution >= 4 is 39.3 Å². The molecule has 0 amide bonds. The lowest BCUT2D eigenvalue weighted by Gasteiger charge is -2.20. The largest absolute Gasteiger partial charge is 0.384 e. The standard InChI is InChI=1S/C22H23N7/c1-28(16-6-3-15-4-7-20(23)27-19(15)11-16)12-14-2-5-17(10-14)29-9-8-18-21(24)25-13-26-22(18)29/h3-4,6-11,13,17H,2,5,12H2,1H3,(H2,23,27)(H2,24,25,26). The van der Waals surface area contributed by atoms with E-state index in [0.29, 0.717) is 17.7 Å². The molecule has 0 spiro atoms. The molecule has 0 saturated carbocycles. The van der Waals surface area contributed by atoms with Crippen LogP contribution in [0.2, 0.25) is 0 Å². The predicted octanol–water partition coefficient (Wildman–Crippen LogP) is 3.54. The van der Waals surface area contributed by atoms with Crippen LogP contribution in [0.4, 0.5) is 17.3 Å². The van der Waals surface area contributed by atoms with Crippen LogP contribution in [0.15, 0.2) is 60.6 Å². The molecular formula is C22H23N7. The van der Waals surface area contributed by atoms with E-state index in [2.05, 4.69) is 61.9 Å². The molecule has 1 aliphatic rings. The minimum atomic E-state index is 0.295. The first-order valence-electron chi connectivity index (χ1n) is 9.72. The molecule has 0 fully saturated rings. The summed E-state index contributed by atoms with van der Waals surface area (Å²) in [6.45, 7) is 0.876. The van der Waals surface area contributed by atoms with Crippen molar-refractivity contribution in [3.63, 3.8) is 0 Å². The van der Waals surface area contributed by atoms with Gasteiger partial charge in [-0.15, -0.1) is 0 Å². The molecule has 1 atom stereocenters. The van der Waals surface area contributed by atoms with E-state index < -0.39 is 0 Å². The molecule has 7 heteroatoms. The number of allylic oxidation sites excluding steroid dienone is 1. The molecule has 5 rings (SSSR count). The predicted molar refractivity (Wildman–Crippen MR) is 118 cm³/mol. The maximum Gasteiger partial charge on any atom is 0.146 e. The van der Waals surface area contributed by atoms with Gasteiger partial charge in [0, 0.05) is 30.9 Å². The second-order valence-electron chi connectivity index (χ2n) is 7.62. The van der Waals surface area contributed by atoms with E-state index in [9.17, 15) is 0 Å². The zero-order valence-corrected chi connectivity index (χ0v) is 16.3. The van der Waals surface area contributed by atoms with Gasteiger partial charge < -0.3 is 20.9 Å². The lowest BCUT2D eigenvalue weighted by atomic mass is 10.1. The molecule has 1 aliphatic carbocycles. The molecule has 1 unspecified atom stereocenters. The number of benzene rings is 1. The highest BCUT2D eigenvalue weighted by molar-refractivity contribution is 5.86. The van der Waals surface area contributed by atoms with E-state index >= 15 is 0 Å². The third kappa shape index (κ3) is 3.14. The number of hydrogen-bond donors (Lipinski definition) is 2. The smallest absolute Gasteiger partial charge is 0.146 e. The molecule has 0 radical (unpaired) electrons. The number of likely N-dealkylation sites (N-methyl/N-ethyl adjacent to an activating group) is 1. The van der Waals surface area contributed by atoms with Crippen molar-refractivity contribution in [1.82, 2.24) is 19.5 Å². The maximum absolute atomic E-state index is 5.98. The van der Waals surface area contributed by atoms with Crippen molar-refractivity contribution in [2.45, 2.75) is 18.9 Å². The fourth-order valence-electron chi connectivity index (χ4n) is 4.14. The number of hydrogen-bond acceptors (Lipinski definition) is 6. The molecule has 3 aromatic heterocycles. The zero-order chi connectivity index (χ0) is 20.0. The van der Waals surface area contributed by atoms with Crippen LogP contribution >= 0.6 is 0 Å². The molecule has 0 aliphatic heterocycles. The minimum Gasteiger partial charge on any atom is -0.384 e. The molecule has 4 N–H and O–H groups in total. The number of rotatable bonds is 4. The van der Waals surface area contributed by atoms with Gasteiger partial charge in [0.1, 0.15) is 23.6 Å². The van der Waals surface area contributed by atoms with E-state index in [1.54, 1.807) is 0 Å². The number of anilines is 3. The Morgan fingerprint density at radius 1 is 1.14 bits per heavy atom. The van der Waals surface area contributed by atoms with Crippen LogP contribution in [0.3, 0.4) is 0 Å². The maximum atomic E-state index is 5.98. The minimum absolute atomic E-state index is 0.295. The van der Waals surface area contributed by atoms with Gasteiger partial charge in [0.25, 0.3) is 0 Å². The van der Waals surface area contributed by atoms with Gasteiger partial charge in [-0.3, -0.25) is 0 Å². The first-order chi connectivity index (χ1) is 14.1. The van der Waals surface area contributed by atoms with Crippen LogP contribution in [0.1, 0.15) is 18.9 Å². The summed E-state index contributed by atoms with van der Waals surface area (Å²) < 4.78 is 2.20. The molecule has 0 bridgehead atoms. The molecule has 1 aromatic carbocycles. The van der Waals surface area contributed by atoms with Crippen LogP contribution in [-0.2, 0) is 0 Å². The van der Waals surface area contributed by atoms with Crippen LogP contribution in [-0.4, -0.2) is 33.1 Å². The number of nitrogen functional groups attached to an aromatic ring is 2. The fourth-order valence-corrected chi connectivity index (χ4v) is 4.14. The van der Waals surface area contributed by atoms with Gasteiger partial charge in [0.15, 0.2) is 0 Å². The molecule has 3 heterocycles. The highest BCUT2D eigenvalue weighted by Gasteiger charge is 2.20. The summed E-state index contributed by atoms with van der Waals surface area (Å²) in [4.78, 5) is 15.2. The normalized spacial score (nSPS) is 16.4. The first kappa shape index (κ1) is 17.5. The SMILES string of the molecule is CN(CC1=CC(n2ccc3c(N)ncnc32)CC1)c1ccc2ccc(N)nc2c1. The summed E-state index contributed by atoms with van der Waals surface area (Å²) >= 11 is 0. The summed E-state index contributed by atoms with van der Waals surface area (Å²) in [6.07, 6.45) is 8.07. The van der Waals surface area contributed by atoms with E-state index in [-0.39, 0.29) is 0 Å². The monoisotopic (exact) mass is 385 g/mol. The van der Waals surface area contributed by atoms with E-state index in [1.165, 1.54) is 11.9 Å². The van der Waals surface area contributed by atoms with Gasteiger partial charge in [-0.05, 0) is 43.2 Å². The number of aromatic nitrogens is 4. The average molecular weight is 385 g/mol. The van der Waals surface area contributed by atoms with Crippen LogP contribution in [0.5, 0.6) is 0 Å². The summed E-state index contributed by atoms with van der Waals surface area (Å²) in [7, 11) is 2.11. The Balaban J connectivity index is 1.37. The van der Waals surface area contributed by atoms with Crippen molar-refractivity contribution in [3.05, 3.63) is 60.6 Å². The Bertz CT molecular complexity index is 1240. The van der Waals surface area contributed by atoms with Crippen molar-refractivity contribution in [2.75, 3.05) is 30.0 Å². The number of nitrogens with two attached hydrogens (primary N) is 2. The van der Waals surface area contributed by atoms with Gasteiger partial charge in [0.05, 0.1) is 16.9 Å². The number of pyridine rings is 1. The third-order valence-electron chi connectivity index (χ3n) is 5.66. The van der Waals surface area contributed by atoms with Crippen molar-refractivity contribution < 1.29 is 0 Å². The Morgan fingerprint density at radius 2 is 2.00 bits per heavy atom. The second kappa shape index (κ2) is 6.77. The Labute approximate surface area is 168 Å². The van der Waals surface area contributed by atoms with Crippen LogP contribution in [0, 0.1) is 0 Å². The summed E-state index contributed by atoms with van der Waals surface area (Å²) in [6, 6.07) is 12.4. The van der Waals surface area contributed by atoms with Gasteiger partial charge >= 0.3 is 0 Å². The van der Waals surface area contributed by atoms with Crippen LogP contribution < -0.4 is 16.4 Å². The van der Waals surface area contributed by atoms with Gasteiger partial charge in [-0.25, -0.2) is 15.0 Å². The summed E-state index contributed by atoms with van der Waals surface area (Å²) in [5.74, 6) is 1.07. The van der Waals surface area contributed by atoms with E-state index in [1.807, 2.05) is 18.2 Å². The first-order valence-corrected chi connectivity index (χ1v) is 9.72. The van der Waals surface area contributed by atoms with Crippen molar-refractivity contribution in [2.24, 2.45) is 0 Å². The lowest BCUT2D eigenvalue weighted by molar-refractivity contribution is 0.604. The third-order valence-corrected chi connectivity index (χ3v) is 5.66. The van der Waals surface area contributed by atoms with Gasteiger partial charge in [-0.2, -0.15) is 0 Å². The molecule has 29 heavy (non-hydrogen) atoms. The Morgan fingerprint density at radius 3 is 2.90 bits per heavy atom. The topological polar surface area (TPSA) is 98.9 Å². The number of nitrogens with zero attached hydrogens (tertiary/aromatic N) is 5. The Kier molecular flexibility index (Phi) is 4.08. The van der Waals surface area contributed by atoms with Crippen molar-refractivity contribution in [3.8, 4) is 0 Å². The molecule has 4 aromatic rings. The summed E-state index contributed by atoms with van der Waals surface area (Å²) in [5, 5.41) is 2.01. The molecule has 0 saturated heterocycles. The van der Waals surface area contributed by atoms with Crippen LogP contribution in [0.25, 0.3) is 21.9 Å². The highest BCUT2D eigenvalue weighted by atomic mass is 15.1. The zero-order valence-electron chi connectivity index (χ0n) is 16.3. The van der Waals surface area contributed by atoms with Crippen molar-refractivity contribution in [1.29, 1.82) is 0 Å². The lowest BCUT2D eigenvalue weighted by Crippen LogP contribution is -2.19. The molecule has 7 nitrogen and oxygen atoms in total. The second-order valence-corrected chi connectivity index (χ2v) is 7.62. The molecule has 146 valence electrons. The van der Waals surface area contributed by atoms with Gasteiger partial charge in [0.2, 0.25) is 0 Å². The van der Waals surface area contributed by atoms with E-state index in [4.69, 9.17) is 11.5 Å². The summed E-state index contributed by atoms with van der Waals surface area (Å²) in [5.41, 5.74) is 16.2. The number of fused-ring (bicyclic) bond motifs is 2. The quantitative estimate of drug-likeness (QED) is 0.521. The van der Waals surface area contributed by atoms with E-state index in [0.717, 1.165) is 47.0 Å². The fraction of sp³-hybridized carbons (Fsp3) is 0.227. The van der Waals surface area contributed by atoms with Gasteiger partial charge in [-0.1, -0.05) is 17.7 Å². The Hall–Kier alpha value is -3.61. The highest BCUT2D eigenvalue weighted by Crippen LogP contribution is 2.33. The molecular weight excluding hydrogens is 362 g/mol.